The van der Waals surface area contributed by atoms with Gasteiger partial charge in [0.15, 0.2) is 0 Å². The lowest BCUT2D eigenvalue weighted by atomic mass is 10.1. The molecule has 146 valence electrons. The Kier molecular flexibility index (Phi) is 6.17. The molecule has 1 aromatic rings. The highest BCUT2D eigenvalue weighted by molar-refractivity contribution is 7.92. The summed E-state index contributed by atoms with van der Waals surface area (Å²) >= 11 is 0. The van der Waals surface area contributed by atoms with E-state index in [1.54, 1.807) is 0 Å². The van der Waals surface area contributed by atoms with Gasteiger partial charge in [0.1, 0.15) is 6.54 Å². The number of benzene rings is 1. The molecule has 1 saturated heterocycles. The van der Waals surface area contributed by atoms with Crippen LogP contribution in [-0.2, 0) is 21.0 Å². The van der Waals surface area contributed by atoms with Gasteiger partial charge in [-0.1, -0.05) is 0 Å². The molecule has 1 aromatic carbocycles. The first kappa shape index (κ1) is 20.5. The standard InChI is InChI=1S/C16H22F3N3O3S/c1-21-9-7-13(8-10-21)20-15(23)11-22(26(2,24)25)14-5-3-12(4-6-14)16(17,18)19/h3-6,13H,7-11H2,1-2H3,(H,20,23). The molecule has 1 aliphatic heterocycles. The topological polar surface area (TPSA) is 69.7 Å². The molecule has 0 spiro atoms. The molecule has 1 N–H and O–H groups in total. The number of nitrogens with one attached hydrogen (secondary N) is 1. The summed E-state index contributed by atoms with van der Waals surface area (Å²) < 4.78 is 62.8. The van der Waals surface area contributed by atoms with Gasteiger partial charge in [-0.2, -0.15) is 13.2 Å². The smallest absolute Gasteiger partial charge is 0.352 e. The van der Waals surface area contributed by atoms with Crippen molar-refractivity contribution in [3.8, 4) is 0 Å². The fourth-order valence-electron chi connectivity index (χ4n) is 2.77. The SMILES string of the molecule is CN1CCC(NC(=O)CN(c2ccc(C(F)(F)F)cc2)S(C)(=O)=O)CC1. The van der Waals surface area contributed by atoms with Crippen molar-refractivity contribution in [3.05, 3.63) is 29.8 Å². The lowest BCUT2D eigenvalue weighted by molar-refractivity contribution is -0.137. The highest BCUT2D eigenvalue weighted by Crippen LogP contribution is 2.30. The molecule has 1 aliphatic rings. The molecule has 6 nitrogen and oxygen atoms in total. The minimum Gasteiger partial charge on any atom is -0.352 e. The summed E-state index contributed by atoms with van der Waals surface area (Å²) in [6.45, 7) is 1.19. The first-order valence-corrected chi connectivity index (χ1v) is 9.94. The Hall–Kier alpha value is -1.81. The quantitative estimate of drug-likeness (QED) is 0.827. The number of halogens is 3. The van der Waals surface area contributed by atoms with Gasteiger partial charge in [0, 0.05) is 6.04 Å². The molecule has 0 saturated carbocycles. The summed E-state index contributed by atoms with van der Waals surface area (Å²) in [5.41, 5.74) is -0.871. The summed E-state index contributed by atoms with van der Waals surface area (Å²) in [5.74, 6) is -0.482. The average Bonchev–Trinajstić information content (AvgIpc) is 2.53. The van der Waals surface area contributed by atoms with Crippen LogP contribution in [0, 0.1) is 0 Å². The number of sulfonamides is 1. The molecule has 10 heteroatoms. The van der Waals surface area contributed by atoms with Crippen LogP contribution < -0.4 is 9.62 Å². The molecule has 2 rings (SSSR count). The molecular formula is C16H22F3N3O3S. The third-order valence-corrected chi connectivity index (χ3v) is 5.39. The molecule has 0 bridgehead atoms. The summed E-state index contributed by atoms with van der Waals surface area (Å²) in [6.07, 6.45) is -2.07. The van der Waals surface area contributed by atoms with Crippen LogP contribution in [0.2, 0.25) is 0 Å². The molecule has 26 heavy (non-hydrogen) atoms. The van der Waals surface area contributed by atoms with Crippen LogP contribution in [0.15, 0.2) is 24.3 Å². The maximum atomic E-state index is 12.7. The predicted octanol–water partition coefficient (Wildman–Crippen LogP) is 1.68. The number of amides is 1. The van der Waals surface area contributed by atoms with Gasteiger partial charge < -0.3 is 10.2 Å². The van der Waals surface area contributed by atoms with Gasteiger partial charge >= 0.3 is 6.18 Å². The summed E-state index contributed by atoms with van der Waals surface area (Å²) in [7, 11) is -1.85. The van der Waals surface area contributed by atoms with Crippen LogP contribution in [0.25, 0.3) is 0 Å². The van der Waals surface area contributed by atoms with Crippen molar-refractivity contribution >= 4 is 21.6 Å². The van der Waals surface area contributed by atoms with Crippen molar-refractivity contribution in [2.24, 2.45) is 0 Å². The maximum absolute atomic E-state index is 12.7. The van der Waals surface area contributed by atoms with Gasteiger partial charge in [0.25, 0.3) is 0 Å². The second-order valence-electron chi connectivity index (χ2n) is 6.46. The second-order valence-corrected chi connectivity index (χ2v) is 8.37. The summed E-state index contributed by atoms with van der Waals surface area (Å²) in [4.78, 5) is 14.4. The number of piperidine rings is 1. The van der Waals surface area contributed by atoms with Gasteiger partial charge in [0.05, 0.1) is 17.5 Å². The van der Waals surface area contributed by atoms with Gasteiger partial charge in [-0.3, -0.25) is 9.10 Å². The van der Waals surface area contributed by atoms with E-state index in [-0.39, 0.29) is 11.7 Å². The van der Waals surface area contributed by atoms with E-state index in [0.717, 1.165) is 60.8 Å². The molecule has 0 radical (unpaired) electrons. The molecular weight excluding hydrogens is 371 g/mol. The highest BCUT2D eigenvalue weighted by Gasteiger charge is 2.31. The van der Waals surface area contributed by atoms with Crippen LogP contribution in [-0.4, -0.2) is 58.2 Å². The van der Waals surface area contributed by atoms with E-state index in [9.17, 15) is 26.4 Å². The number of carbonyl (C=O) groups excluding carboxylic acids is 1. The normalized spacial score (nSPS) is 17.1. The maximum Gasteiger partial charge on any atom is 0.416 e. The Balaban J connectivity index is 2.09. The minimum absolute atomic E-state index is 0.0130. The summed E-state index contributed by atoms with van der Waals surface area (Å²) in [5, 5.41) is 2.80. The summed E-state index contributed by atoms with van der Waals surface area (Å²) in [6, 6.07) is 3.65. The van der Waals surface area contributed by atoms with Crippen LogP contribution in [0.5, 0.6) is 0 Å². The largest absolute Gasteiger partial charge is 0.416 e. The number of alkyl halides is 3. The third-order valence-electron chi connectivity index (χ3n) is 4.25. The number of rotatable bonds is 5. The Morgan fingerprint density at radius 3 is 2.23 bits per heavy atom. The van der Waals surface area contributed by atoms with Crippen LogP contribution in [0.3, 0.4) is 0 Å². The fourth-order valence-corrected chi connectivity index (χ4v) is 3.63. The van der Waals surface area contributed by atoms with Crippen LogP contribution >= 0.6 is 0 Å². The van der Waals surface area contributed by atoms with Gasteiger partial charge in [-0.25, -0.2) is 8.42 Å². The van der Waals surface area contributed by atoms with Crippen molar-refractivity contribution < 1.29 is 26.4 Å². The lowest BCUT2D eigenvalue weighted by Crippen LogP contribution is -2.47. The van der Waals surface area contributed by atoms with E-state index in [0.29, 0.717) is 0 Å². The molecule has 0 unspecified atom stereocenters. The number of hydrogen-bond donors (Lipinski definition) is 1. The number of carbonyl (C=O) groups is 1. The number of nitrogens with zero attached hydrogens (tertiary/aromatic N) is 2. The number of likely N-dealkylation sites (tertiary alicyclic amines) is 1. The third kappa shape index (κ3) is 5.60. The fraction of sp³-hybridized carbons (Fsp3) is 0.562. The van der Waals surface area contributed by atoms with Crippen molar-refractivity contribution in [3.63, 3.8) is 0 Å². The van der Waals surface area contributed by atoms with Crippen LogP contribution in [0.4, 0.5) is 18.9 Å². The monoisotopic (exact) mass is 393 g/mol. The zero-order valence-corrected chi connectivity index (χ0v) is 15.4. The van der Waals surface area contributed by atoms with Crippen molar-refractivity contribution in [2.75, 3.05) is 37.2 Å². The second kappa shape index (κ2) is 7.83. The molecule has 0 aliphatic carbocycles. The average molecular weight is 393 g/mol. The van der Waals surface area contributed by atoms with Crippen molar-refractivity contribution in [2.45, 2.75) is 25.1 Å². The van der Waals surface area contributed by atoms with Gasteiger partial charge in [-0.05, 0) is 57.2 Å². The van der Waals surface area contributed by atoms with Gasteiger partial charge in [0.2, 0.25) is 15.9 Å². The van der Waals surface area contributed by atoms with E-state index in [4.69, 9.17) is 0 Å². The van der Waals surface area contributed by atoms with Gasteiger partial charge in [-0.15, -0.1) is 0 Å². The molecule has 0 aromatic heterocycles. The van der Waals surface area contributed by atoms with E-state index >= 15 is 0 Å². The van der Waals surface area contributed by atoms with Crippen molar-refractivity contribution in [1.29, 1.82) is 0 Å². The number of anilines is 1. The van der Waals surface area contributed by atoms with E-state index in [1.807, 2.05) is 7.05 Å². The first-order chi connectivity index (χ1) is 12.0. The minimum atomic E-state index is -4.51. The zero-order valence-electron chi connectivity index (χ0n) is 14.6. The zero-order chi connectivity index (χ0) is 19.5. The predicted molar refractivity (Wildman–Crippen MR) is 92.3 cm³/mol. The highest BCUT2D eigenvalue weighted by atomic mass is 32.2. The first-order valence-electron chi connectivity index (χ1n) is 8.09. The molecule has 1 heterocycles. The number of hydrogen-bond acceptors (Lipinski definition) is 4. The molecule has 0 atom stereocenters. The van der Waals surface area contributed by atoms with Crippen LogP contribution in [0.1, 0.15) is 18.4 Å². The Labute approximate surface area is 151 Å². The van der Waals surface area contributed by atoms with E-state index < -0.39 is 34.2 Å². The lowest BCUT2D eigenvalue weighted by Gasteiger charge is -2.30. The molecule has 1 amide bonds. The van der Waals surface area contributed by atoms with E-state index in [1.165, 1.54) is 0 Å². The Bertz CT molecular complexity index is 727. The van der Waals surface area contributed by atoms with Crippen molar-refractivity contribution in [1.82, 2.24) is 10.2 Å². The van der Waals surface area contributed by atoms with E-state index in [2.05, 4.69) is 10.2 Å². The molecule has 1 fully saturated rings. The Morgan fingerprint density at radius 1 is 1.23 bits per heavy atom. The Morgan fingerprint density at radius 2 is 1.77 bits per heavy atom.